The molecule has 0 amide bonds. The Labute approximate surface area is 345 Å². The summed E-state index contributed by atoms with van der Waals surface area (Å²) in [7, 11) is 0. The van der Waals surface area contributed by atoms with E-state index in [1.54, 1.807) is 0 Å². The molecule has 10 aromatic carbocycles. The lowest BCUT2D eigenvalue weighted by Gasteiger charge is -2.26. The fourth-order valence-electron chi connectivity index (χ4n) is 9.10. The van der Waals surface area contributed by atoms with Gasteiger partial charge in [-0.2, -0.15) is 0 Å². The van der Waals surface area contributed by atoms with Crippen LogP contribution < -0.4 is 4.90 Å². The molecule has 2 nitrogen and oxygen atoms in total. The predicted molar refractivity (Wildman–Crippen MR) is 253 cm³/mol. The first-order valence-electron chi connectivity index (χ1n) is 20.1. The molecule has 0 atom stereocenters. The fraction of sp³-hybridized carbons (Fsp3) is 0. The van der Waals surface area contributed by atoms with Crippen molar-refractivity contribution in [1.82, 2.24) is 0 Å². The van der Waals surface area contributed by atoms with Crippen LogP contribution in [-0.4, -0.2) is 0 Å². The highest BCUT2D eigenvalue weighted by Gasteiger charge is 2.21. The molecular formula is C56H35NOS. The van der Waals surface area contributed by atoms with Crippen LogP contribution in [0.5, 0.6) is 0 Å². The zero-order valence-electron chi connectivity index (χ0n) is 32.0. The first-order chi connectivity index (χ1) is 29.2. The van der Waals surface area contributed by atoms with Gasteiger partial charge >= 0.3 is 0 Å². The Hall–Kier alpha value is -7.46. The van der Waals surface area contributed by atoms with E-state index in [1.807, 2.05) is 11.3 Å². The van der Waals surface area contributed by atoms with Crippen molar-refractivity contribution in [3.05, 3.63) is 212 Å². The number of furan rings is 1. The zero-order chi connectivity index (χ0) is 38.9. The normalized spacial score (nSPS) is 11.7. The molecule has 0 fully saturated rings. The molecule has 0 bridgehead atoms. The molecule has 0 N–H and O–H groups in total. The number of thiophene rings is 1. The highest BCUT2D eigenvalue weighted by molar-refractivity contribution is 7.25. The number of fused-ring (bicyclic) bond motifs is 9. The maximum absolute atomic E-state index is 6.70. The van der Waals surface area contributed by atoms with Gasteiger partial charge in [-0.3, -0.25) is 0 Å². The summed E-state index contributed by atoms with van der Waals surface area (Å²) in [6, 6.07) is 76.9. The average Bonchev–Trinajstić information content (AvgIpc) is 3.89. The number of nitrogens with zero attached hydrogens (tertiary/aromatic N) is 1. The number of anilines is 3. The van der Waals surface area contributed by atoms with Gasteiger partial charge in [0.15, 0.2) is 0 Å². The van der Waals surface area contributed by atoms with Crippen LogP contribution in [0.15, 0.2) is 217 Å². The van der Waals surface area contributed by atoms with Crippen LogP contribution in [0.2, 0.25) is 0 Å². The van der Waals surface area contributed by atoms with Crippen molar-refractivity contribution in [3.63, 3.8) is 0 Å². The molecule has 0 saturated heterocycles. The van der Waals surface area contributed by atoms with Crippen molar-refractivity contribution >= 4 is 92.1 Å². The minimum absolute atomic E-state index is 0.869. The second kappa shape index (κ2) is 13.6. The van der Waals surface area contributed by atoms with Crippen molar-refractivity contribution in [2.45, 2.75) is 0 Å². The Kier molecular flexibility index (Phi) is 7.75. The largest absolute Gasteiger partial charge is 0.455 e. The van der Waals surface area contributed by atoms with Crippen LogP contribution in [-0.2, 0) is 0 Å². The van der Waals surface area contributed by atoms with Crippen LogP contribution in [0, 0.1) is 0 Å². The summed E-state index contributed by atoms with van der Waals surface area (Å²) < 4.78 is 9.32. The summed E-state index contributed by atoms with van der Waals surface area (Å²) in [5, 5.41) is 9.63. The zero-order valence-corrected chi connectivity index (χ0v) is 32.8. The van der Waals surface area contributed by atoms with Gasteiger partial charge in [-0.15, -0.1) is 11.3 Å². The molecule has 0 spiro atoms. The van der Waals surface area contributed by atoms with Crippen molar-refractivity contribution in [2.24, 2.45) is 0 Å². The van der Waals surface area contributed by atoms with Crippen molar-refractivity contribution < 1.29 is 4.42 Å². The van der Waals surface area contributed by atoms with E-state index >= 15 is 0 Å². The Morgan fingerprint density at radius 3 is 1.80 bits per heavy atom. The molecule has 0 aliphatic carbocycles. The van der Waals surface area contributed by atoms with E-state index in [2.05, 4.69) is 217 Å². The standard InChI is InChI=1S/C56H35NOS/c1-3-16-44-37(11-1)13-8-19-45(44)41-15-7-14-40(35-41)36-25-30-42(31-26-36)57(50-21-10-22-51-55(50)49-34-29-38-12-2-4-17-47(38)56(49)58-51)43-32-27-39(28-33-43)46-20-9-24-53-54(46)48-18-5-6-23-52(48)59-53/h1-35H. The summed E-state index contributed by atoms with van der Waals surface area (Å²) in [5.74, 6) is 0. The summed E-state index contributed by atoms with van der Waals surface area (Å²) in [6.45, 7) is 0. The summed E-state index contributed by atoms with van der Waals surface area (Å²) in [4.78, 5) is 2.38. The van der Waals surface area contributed by atoms with Crippen LogP contribution in [0.4, 0.5) is 17.1 Å². The average molecular weight is 770 g/mol. The van der Waals surface area contributed by atoms with Crippen molar-refractivity contribution in [2.75, 3.05) is 4.90 Å². The molecule has 59 heavy (non-hydrogen) atoms. The molecule has 0 unspecified atom stereocenters. The van der Waals surface area contributed by atoms with Gasteiger partial charge in [-0.25, -0.2) is 0 Å². The molecule has 12 aromatic rings. The Balaban J connectivity index is 1.00. The molecular weight excluding hydrogens is 735 g/mol. The van der Waals surface area contributed by atoms with E-state index in [9.17, 15) is 0 Å². The first-order valence-corrected chi connectivity index (χ1v) is 20.9. The van der Waals surface area contributed by atoms with Gasteiger partial charge in [0.1, 0.15) is 11.2 Å². The van der Waals surface area contributed by atoms with Gasteiger partial charge in [-0.05, 0) is 110 Å². The summed E-state index contributed by atoms with van der Waals surface area (Å²) >= 11 is 1.86. The van der Waals surface area contributed by atoms with Gasteiger partial charge in [0, 0.05) is 42.3 Å². The minimum Gasteiger partial charge on any atom is -0.455 e. The third-order valence-corrected chi connectivity index (χ3v) is 13.0. The monoisotopic (exact) mass is 769 g/mol. The molecule has 0 radical (unpaired) electrons. The van der Waals surface area contributed by atoms with Gasteiger partial charge in [0.2, 0.25) is 0 Å². The van der Waals surface area contributed by atoms with Crippen molar-refractivity contribution in [1.29, 1.82) is 0 Å². The second-order valence-electron chi connectivity index (χ2n) is 15.2. The smallest absolute Gasteiger partial charge is 0.143 e. The number of hydrogen-bond acceptors (Lipinski definition) is 3. The van der Waals surface area contributed by atoms with E-state index in [0.29, 0.717) is 0 Å². The van der Waals surface area contributed by atoms with Crippen LogP contribution in [0.1, 0.15) is 0 Å². The predicted octanol–water partition coefficient (Wildman–Crippen LogP) is 16.7. The van der Waals surface area contributed by atoms with Crippen LogP contribution in [0.3, 0.4) is 0 Å². The summed E-state index contributed by atoms with van der Waals surface area (Å²) in [5.41, 5.74) is 12.3. The third kappa shape index (κ3) is 5.55. The Morgan fingerprint density at radius 2 is 0.966 bits per heavy atom. The highest BCUT2D eigenvalue weighted by Crippen LogP contribution is 2.46. The Bertz CT molecular complexity index is 3550. The SMILES string of the molecule is c1cc(-c2ccc(N(c3ccc(-c4cccc5sc6ccccc6c45)cc3)c3cccc4oc5c6ccccc6ccc5c34)cc2)cc(-c2cccc3ccccc23)c1. The molecule has 276 valence electrons. The minimum atomic E-state index is 0.869. The summed E-state index contributed by atoms with van der Waals surface area (Å²) in [6.07, 6.45) is 0. The maximum atomic E-state index is 6.70. The molecule has 12 rings (SSSR count). The van der Waals surface area contributed by atoms with E-state index in [4.69, 9.17) is 4.42 Å². The van der Waals surface area contributed by atoms with Gasteiger partial charge in [0.05, 0.1) is 11.1 Å². The van der Waals surface area contributed by atoms with Gasteiger partial charge in [-0.1, -0.05) is 152 Å². The topological polar surface area (TPSA) is 16.4 Å². The lowest BCUT2D eigenvalue weighted by atomic mass is 9.95. The molecule has 0 saturated carbocycles. The van der Waals surface area contributed by atoms with Crippen LogP contribution in [0.25, 0.3) is 97.0 Å². The lowest BCUT2D eigenvalue weighted by molar-refractivity contribution is 0.672. The van der Waals surface area contributed by atoms with Crippen molar-refractivity contribution in [3.8, 4) is 33.4 Å². The molecule has 3 heteroatoms. The number of hydrogen-bond donors (Lipinski definition) is 0. The quantitative estimate of drug-likeness (QED) is 0.167. The first kappa shape index (κ1) is 33.7. The Morgan fingerprint density at radius 1 is 0.356 bits per heavy atom. The third-order valence-electron chi connectivity index (χ3n) is 11.9. The van der Waals surface area contributed by atoms with E-state index in [1.165, 1.54) is 69.7 Å². The molecule has 2 aromatic heterocycles. The maximum Gasteiger partial charge on any atom is 0.143 e. The van der Waals surface area contributed by atoms with Gasteiger partial charge in [0.25, 0.3) is 0 Å². The van der Waals surface area contributed by atoms with E-state index in [-0.39, 0.29) is 0 Å². The lowest BCUT2D eigenvalue weighted by Crippen LogP contribution is -2.10. The second-order valence-corrected chi connectivity index (χ2v) is 16.3. The van der Waals surface area contributed by atoms with Crippen LogP contribution >= 0.6 is 11.3 Å². The van der Waals surface area contributed by atoms with E-state index in [0.717, 1.165) is 44.4 Å². The molecule has 0 aliphatic heterocycles. The number of rotatable bonds is 6. The number of benzene rings is 10. The highest BCUT2D eigenvalue weighted by atomic mass is 32.1. The van der Waals surface area contributed by atoms with E-state index < -0.39 is 0 Å². The molecule has 2 heterocycles. The molecule has 0 aliphatic rings. The van der Waals surface area contributed by atoms with Gasteiger partial charge < -0.3 is 9.32 Å². The fourth-order valence-corrected chi connectivity index (χ4v) is 10.2.